The van der Waals surface area contributed by atoms with Gasteiger partial charge in [0.25, 0.3) is 0 Å². The summed E-state index contributed by atoms with van der Waals surface area (Å²) in [5.41, 5.74) is 0.392. The SMILES string of the molecule is CC1(C)[C@@H]2CC[C@]1(C)[C@H](O)[C@H]2S. The van der Waals surface area contributed by atoms with Gasteiger partial charge in [-0.05, 0) is 29.6 Å². The lowest BCUT2D eigenvalue weighted by Gasteiger charge is -2.36. The van der Waals surface area contributed by atoms with Crippen molar-refractivity contribution in [2.24, 2.45) is 16.7 Å². The van der Waals surface area contributed by atoms with Crippen LogP contribution in [0.3, 0.4) is 0 Å². The van der Waals surface area contributed by atoms with Crippen molar-refractivity contribution in [2.45, 2.75) is 45.0 Å². The molecule has 0 saturated heterocycles. The molecular weight excluding hydrogens is 168 g/mol. The highest BCUT2D eigenvalue weighted by molar-refractivity contribution is 7.81. The van der Waals surface area contributed by atoms with Gasteiger partial charge >= 0.3 is 0 Å². The Hall–Kier alpha value is 0.310. The number of aliphatic hydroxyl groups excluding tert-OH is 1. The highest BCUT2D eigenvalue weighted by Crippen LogP contribution is 2.66. The van der Waals surface area contributed by atoms with Crippen LogP contribution in [0.15, 0.2) is 0 Å². The van der Waals surface area contributed by atoms with E-state index >= 15 is 0 Å². The number of rotatable bonds is 0. The Morgan fingerprint density at radius 3 is 2.17 bits per heavy atom. The fourth-order valence-corrected chi connectivity index (χ4v) is 4.14. The van der Waals surface area contributed by atoms with Crippen LogP contribution in [0.5, 0.6) is 0 Å². The van der Waals surface area contributed by atoms with E-state index in [0.29, 0.717) is 5.92 Å². The van der Waals surface area contributed by atoms with Crippen LogP contribution in [0.1, 0.15) is 33.6 Å². The number of fused-ring (bicyclic) bond motifs is 2. The molecule has 70 valence electrons. The molecule has 1 N–H and O–H groups in total. The van der Waals surface area contributed by atoms with Gasteiger partial charge < -0.3 is 5.11 Å². The molecule has 2 bridgehead atoms. The second kappa shape index (κ2) is 2.21. The number of hydrogen-bond acceptors (Lipinski definition) is 2. The number of aliphatic hydroxyl groups is 1. The molecule has 1 nitrogen and oxygen atoms in total. The lowest BCUT2D eigenvalue weighted by atomic mass is 9.70. The van der Waals surface area contributed by atoms with Crippen molar-refractivity contribution in [3.8, 4) is 0 Å². The molecule has 2 fully saturated rings. The first-order chi connectivity index (χ1) is 5.41. The largest absolute Gasteiger partial charge is 0.391 e. The maximum absolute atomic E-state index is 10.0. The van der Waals surface area contributed by atoms with Crippen molar-refractivity contribution in [1.29, 1.82) is 0 Å². The van der Waals surface area contributed by atoms with Crippen molar-refractivity contribution in [1.82, 2.24) is 0 Å². The maximum Gasteiger partial charge on any atom is 0.0717 e. The second-order valence-electron chi connectivity index (χ2n) is 5.22. The Kier molecular flexibility index (Phi) is 1.64. The highest BCUT2D eigenvalue weighted by Gasteiger charge is 2.64. The number of thiol groups is 1. The molecule has 0 unspecified atom stereocenters. The number of hydrogen-bond donors (Lipinski definition) is 2. The predicted molar refractivity (Wildman–Crippen MR) is 53.4 cm³/mol. The smallest absolute Gasteiger partial charge is 0.0717 e. The quantitative estimate of drug-likeness (QED) is 0.555. The minimum absolute atomic E-state index is 0.115. The molecule has 2 aliphatic carbocycles. The van der Waals surface area contributed by atoms with E-state index in [1.54, 1.807) is 0 Å². The van der Waals surface area contributed by atoms with Crippen LogP contribution in [0.2, 0.25) is 0 Å². The zero-order valence-corrected chi connectivity index (χ0v) is 8.94. The lowest BCUT2D eigenvalue weighted by Crippen LogP contribution is -2.37. The topological polar surface area (TPSA) is 20.2 Å². The van der Waals surface area contributed by atoms with Crippen LogP contribution in [0.25, 0.3) is 0 Å². The Morgan fingerprint density at radius 2 is 1.92 bits per heavy atom. The third-order valence-electron chi connectivity index (χ3n) is 4.76. The summed E-state index contributed by atoms with van der Waals surface area (Å²) in [6.07, 6.45) is 2.21. The Labute approximate surface area is 80.0 Å². The van der Waals surface area contributed by atoms with E-state index < -0.39 is 0 Å². The predicted octanol–water partition coefficient (Wildman–Crippen LogP) is 2.10. The molecule has 4 atom stereocenters. The second-order valence-corrected chi connectivity index (χ2v) is 5.82. The standard InChI is InChI=1S/C10H18OS/c1-9(2)6-4-5-10(9,3)8(11)7(6)12/h6-8,11-12H,4-5H2,1-3H3/t6-,7+,8-,10-/m1/s1. The fourth-order valence-electron chi connectivity index (χ4n) is 3.29. The third kappa shape index (κ3) is 0.717. The van der Waals surface area contributed by atoms with Gasteiger partial charge in [0, 0.05) is 5.25 Å². The molecule has 0 amide bonds. The third-order valence-corrected chi connectivity index (χ3v) is 5.40. The van der Waals surface area contributed by atoms with Gasteiger partial charge in [-0.25, -0.2) is 0 Å². The molecule has 0 aromatic rings. The van der Waals surface area contributed by atoms with Gasteiger partial charge in [0.1, 0.15) is 0 Å². The van der Waals surface area contributed by atoms with E-state index in [-0.39, 0.29) is 22.2 Å². The van der Waals surface area contributed by atoms with Gasteiger partial charge in [-0.1, -0.05) is 20.8 Å². The van der Waals surface area contributed by atoms with Crippen LogP contribution >= 0.6 is 12.6 Å². The molecule has 2 aliphatic rings. The molecule has 2 heteroatoms. The van der Waals surface area contributed by atoms with Gasteiger partial charge in [0.05, 0.1) is 6.10 Å². The van der Waals surface area contributed by atoms with Crippen molar-refractivity contribution < 1.29 is 5.11 Å². The van der Waals surface area contributed by atoms with E-state index in [1.807, 2.05) is 0 Å². The van der Waals surface area contributed by atoms with Crippen LogP contribution in [-0.4, -0.2) is 16.5 Å². The first kappa shape index (κ1) is 8.89. The van der Waals surface area contributed by atoms with E-state index in [9.17, 15) is 5.11 Å². The first-order valence-electron chi connectivity index (χ1n) is 4.77. The van der Waals surface area contributed by atoms with E-state index in [1.165, 1.54) is 12.8 Å². The Morgan fingerprint density at radius 1 is 1.33 bits per heavy atom. The van der Waals surface area contributed by atoms with Crippen LogP contribution in [-0.2, 0) is 0 Å². The molecule has 0 aromatic carbocycles. The summed E-state index contributed by atoms with van der Waals surface area (Å²) in [5.74, 6) is 0.612. The van der Waals surface area contributed by atoms with Crippen LogP contribution in [0, 0.1) is 16.7 Å². The monoisotopic (exact) mass is 186 g/mol. The van der Waals surface area contributed by atoms with Crippen LogP contribution < -0.4 is 0 Å². The van der Waals surface area contributed by atoms with Crippen LogP contribution in [0.4, 0.5) is 0 Å². The molecular formula is C10H18OS. The van der Waals surface area contributed by atoms with Gasteiger partial charge in [-0.2, -0.15) is 12.6 Å². The Balaban J connectivity index is 2.44. The van der Waals surface area contributed by atoms with E-state index in [0.717, 1.165) is 0 Å². The average molecular weight is 186 g/mol. The molecule has 2 saturated carbocycles. The summed E-state index contributed by atoms with van der Waals surface area (Å²) in [4.78, 5) is 0. The molecule has 0 heterocycles. The van der Waals surface area contributed by atoms with Crippen molar-refractivity contribution in [3.63, 3.8) is 0 Å². The van der Waals surface area contributed by atoms with Gasteiger partial charge in [-0.3, -0.25) is 0 Å². The maximum atomic E-state index is 10.0. The molecule has 0 spiro atoms. The normalized spacial score (nSPS) is 56.2. The van der Waals surface area contributed by atoms with Crippen molar-refractivity contribution in [3.05, 3.63) is 0 Å². The van der Waals surface area contributed by atoms with Gasteiger partial charge in [0.15, 0.2) is 0 Å². The molecule has 12 heavy (non-hydrogen) atoms. The van der Waals surface area contributed by atoms with Gasteiger partial charge in [-0.15, -0.1) is 0 Å². The summed E-state index contributed by atoms with van der Waals surface area (Å²) in [7, 11) is 0. The lowest BCUT2D eigenvalue weighted by molar-refractivity contribution is 0.0150. The zero-order chi connectivity index (χ0) is 9.15. The van der Waals surface area contributed by atoms with E-state index in [4.69, 9.17) is 0 Å². The zero-order valence-electron chi connectivity index (χ0n) is 8.04. The molecule has 0 aromatic heterocycles. The molecule has 0 radical (unpaired) electrons. The van der Waals surface area contributed by atoms with Gasteiger partial charge in [0.2, 0.25) is 0 Å². The van der Waals surface area contributed by atoms with E-state index in [2.05, 4.69) is 33.4 Å². The summed E-state index contributed by atoms with van der Waals surface area (Å²) >= 11 is 4.51. The first-order valence-corrected chi connectivity index (χ1v) is 5.29. The molecule has 2 rings (SSSR count). The minimum atomic E-state index is -0.199. The summed E-state index contributed by atoms with van der Waals surface area (Å²) in [6, 6.07) is 0. The van der Waals surface area contributed by atoms with Crippen molar-refractivity contribution >= 4 is 12.6 Å². The highest BCUT2D eigenvalue weighted by atomic mass is 32.1. The summed E-state index contributed by atoms with van der Waals surface area (Å²) in [5, 5.41) is 10.2. The molecule has 0 aliphatic heterocycles. The van der Waals surface area contributed by atoms with Crippen molar-refractivity contribution in [2.75, 3.05) is 0 Å². The summed E-state index contributed by atoms with van der Waals surface area (Å²) < 4.78 is 0. The Bertz CT molecular complexity index is 214. The summed E-state index contributed by atoms with van der Waals surface area (Å²) in [6.45, 7) is 6.78. The minimum Gasteiger partial charge on any atom is -0.391 e. The average Bonchev–Trinajstić information content (AvgIpc) is 2.26. The fraction of sp³-hybridized carbons (Fsp3) is 1.00.